The summed E-state index contributed by atoms with van der Waals surface area (Å²) in [6.45, 7) is 15.7. The fourth-order valence-electron chi connectivity index (χ4n) is 5.08. The molecule has 1 aromatic carbocycles. The van der Waals surface area contributed by atoms with Crippen molar-refractivity contribution >= 4 is 17.5 Å². The molecule has 0 saturated carbocycles. The van der Waals surface area contributed by atoms with Gasteiger partial charge in [-0.05, 0) is 50.9 Å². The molecular weight excluding hydrogens is 362 g/mol. The van der Waals surface area contributed by atoms with Crippen LogP contribution in [0.2, 0.25) is 0 Å². The minimum Gasteiger partial charge on any atom is -0.351 e. The number of piperidine rings is 2. The van der Waals surface area contributed by atoms with Crippen LogP contribution in [0.15, 0.2) is 24.3 Å². The molecule has 0 spiro atoms. The van der Waals surface area contributed by atoms with Gasteiger partial charge in [0, 0.05) is 23.6 Å². The summed E-state index contributed by atoms with van der Waals surface area (Å²) in [6.07, 6.45) is 3.00. The monoisotopic (exact) mass is 403 g/mol. The number of urea groups is 1. The maximum Gasteiger partial charge on any atom is 0.319 e. The Morgan fingerprint density at radius 2 is 1.55 bits per heavy atom. The molecule has 2 amide bonds. The number of carbonyl (C=O) groups is 2. The quantitative estimate of drug-likeness (QED) is 0.702. The highest BCUT2D eigenvalue weighted by Crippen LogP contribution is 2.49. The molecule has 0 bridgehead atoms. The second-order valence-electron chi connectivity index (χ2n) is 7.04. The second-order valence-corrected chi connectivity index (χ2v) is 7.04. The maximum atomic E-state index is 12.2. The van der Waals surface area contributed by atoms with E-state index in [1.54, 1.807) is 11.8 Å². The van der Waals surface area contributed by atoms with E-state index in [4.69, 9.17) is 5.73 Å². The number of primary amides is 1. The Kier molecular flexibility index (Phi) is 10.4. The van der Waals surface area contributed by atoms with Crippen LogP contribution in [0.5, 0.6) is 0 Å². The average molecular weight is 404 g/mol. The molecule has 164 valence electrons. The molecule has 4 rings (SSSR count). The normalized spacial score (nSPS) is 26.7. The Morgan fingerprint density at radius 1 is 0.931 bits per heavy atom. The summed E-state index contributed by atoms with van der Waals surface area (Å²) in [7, 11) is 0. The van der Waals surface area contributed by atoms with Crippen LogP contribution in [0, 0.1) is 5.92 Å². The Hall–Kier alpha value is -1.88. The van der Waals surface area contributed by atoms with Crippen molar-refractivity contribution in [3.63, 3.8) is 0 Å². The van der Waals surface area contributed by atoms with Crippen molar-refractivity contribution in [1.29, 1.82) is 0 Å². The van der Waals surface area contributed by atoms with Crippen LogP contribution in [0.4, 0.5) is 10.5 Å². The molecule has 4 unspecified atom stereocenters. The Balaban J connectivity index is 0.000000644. The lowest BCUT2D eigenvalue weighted by Gasteiger charge is -2.50. The number of anilines is 1. The molecule has 2 fully saturated rings. The van der Waals surface area contributed by atoms with Crippen LogP contribution < -0.4 is 10.6 Å². The van der Waals surface area contributed by atoms with E-state index in [1.807, 2.05) is 59.7 Å². The van der Waals surface area contributed by atoms with Crippen molar-refractivity contribution in [2.24, 2.45) is 11.7 Å². The third-order valence-corrected chi connectivity index (χ3v) is 5.94. The molecule has 0 aromatic heterocycles. The summed E-state index contributed by atoms with van der Waals surface area (Å²) in [5.74, 6) is 0.535. The summed E-state index contributed by atoms with van der Waals surface area (Å²) < 4.78 is 0. The molecule has 3 aliphatic rings. The van der Waals surface area contributed by atoms with E-state index in [-0.39, 0.29) is 23.8 Å². The fraction of sp³-hybridized carbons (Fsp3) is 0.667. The van der Waals surface area contributed by atoms with Crippen molar-refractivity contribution in [2.75, 3.05) is 18.0 Å². The molecular formula is C24H41N3O2. The number of ketones is 1. The van der Waals surface area contributed by atoms with Crippen LogP contribution in [0.1, 0.15) is 79.2 Å². The van der Waals surface area contributed by atoms with Gasteiger partial charge in [-0.25, -0.2) is 4.79 Å². The van der Waals surface area contributed by atoms with Crippen LogP contribution in [0.25, 0.3) is 0 Å². The van der Waals surface area contributed by atoms with E-state index >= 15 is 0 Å². The second kappa shape index (κ2) is 12.0. The minimum absolute atomic E-state index is 0.00662. The summed E-state index contributed by atoms with van der Waals surface area (Å²) in [4.78, 5) is 28.6. The smallest absolute Gasteiger partial charge is 0.319 e. The predicted molar refractivity (Wildman–Crippen MR) is 122 cm³/mol. The molecule has 3 heterocycles. The lowest BCUT2D eigenvalue weighted by Crippen LogP contribution is -2.63. The number of hydrogen-bond acceptors (Lipinski definition) is 3. The topological polar surface area (TPSA) is 66.6 Å². The highest BCUT2D eigenvalue weighted by atomic mass is 16.2. The zero-order valence-corrected chi connectivity index (χ0v) is 19.4. The minimum atomic E-state index is -0.403. The molecule has 0 radical (unpaired) electrons. The van der Waals surface area contributed by atoms with Gasteiger partial charge in [0.15, 0.2) is 0 Å². The third-order valence-electron chi connectivity index (χ3n) is 5.94. The zero-order chi connectivity index (χ0) is 22.1. The number of fused-ring (bicyclic) bond motifs is 5. The highest BCUT2D eigenvalue weighted by Gasteiger charge is 2.53. The number of hydrogen-bond donors (Lipinski definition) is 1. The van der Waals surface area contributed by atoms with Gasteiger partial charge in [0.25, 0.3) is 0 Å². The van der Waals surface area contributed by atoms with E-state index < -0.39 is 6.03 Å². The molecule has 4 atom stereocenters. The van der Waals surface area contributed by atoms with Crippen molar-refractivity contribution in [3.05, 3.63) is 29.8 Å². The lowest BCUT2D eigenvalue weighted by atomic mass is 9.73. The summed E-state index contributed by atoms with van der Waals surface area (Å²) >= 11 is 0. The number of benzene rings is 1. The summed E-state index contributed by atoms with van der Waals surface area (Å²) in [6, 6.07) is 7.75. The Labute approximate surface area is 177 Å². The van der Waals surface area contributed by atoms with E-state index in [1.165, 1.54) is 5.56 Å². The first-order valence-corrected chi connectivity index (χ1v) is 11.5. The average Bonchev–Trinajstić information content (AvgIpc) is 3.12. The molecule has 2 N–H and O–H groups in total. The fourth-order valence-corrected chi connectivity index (χ4v) is 5.08. The predicted octanol–water partition coefficient (Wildman–Crippen LogP) is 5.19. The van der Waals surface area contributed by atoms with Gasteiger partial charge in [0.05, 0.1) is 6.04 Å². The highest BCUT2D eigenvalue weighted by molar-refractivity contribution is 5.95. The Bertz CT molecular complexity index is 661. The number of carbonyl (C=O) groups excluding carboxylic acids is 2. The molecule has 5 nitrogen and oxygen atoms in total. The van der Waals surface area contributed by atoms with Gasteiger partial charge in [-0.2, -0.15) is 0 Å². The van der Waals surface area contributed by atoms with E-state index in [9.17, 15) is 9.59 Å². The third kappa shape index (κ3) is 4.82. The summed E-state index contributed by atoms with van der Waals surface area (Å²) in [5, 5.41) is 0. The molecule has 1 aromatic rings. The van der Waals surface area contributed by atoms with Gasteiger partial charge in [0.1, 0.15) is 5.78 Å². The van der Waals surface area contributed by atoms with Gasteiger partial charge < -0.3 is 5.73 Å². The van der Waals surface area contributed by atoms with Crippen LogP contribution in [-0.4, -0.2) is 41.9 Å². The first kappa shape index (κ1) is 25.2. The van der Waals surface area contributed by atoms with Crippen molar-refractivity contribution in [1.82, 2.24) is 4.90 Å². The molecule has 3 aliphatic heterocycles. The van der Waals surface area contributed by atoms with Gasteiger partial charge in [0.2, 0.25) is 0 Å². The number of amides is 2. The maximum absolute atomic E-state index is 12.2. The molecule has 29 heavy (non-hydrogen) atoms. The standard InChI is InChI=1S/C18H23N3O2.3C2H6/c1-11(22)12-6-4-9-20-10-8-14-13-5-2-3-7-15(13)21(18(19)23)17(14)16(12)20;3*1-2/h2-3,5,7,12,14,16-17H,4,6,8-10H2,1H3,(H2,19,23);3*1-2H3. The van der Waals surface area contributed by atoms with E-state index in [0.717, 1.165) is 38.0 Å². The van der Waals surface area contributed by atoms with Crippen molar-refractivity contribution in [3.8, 4) is 0 Å². The van der Waals surface area contributed by atoms with Gasteiger partial charge in [-0.15, -0.1) is 0 Å². The van der Waals surface area contributed by atoms with E-state index in [0.29, 0.717) is 5.92 Å². The molecule has 2 saturated heterocycles. The Morgan fingerprint density at radius 3 is 2.14 bits per heavy atom. The number of nitrogens with two attached hydrogens (primary N) is 1. The SMILES string of the molecule is CC.CC.CC.CC(=O)C1CCCN2CCC3c4ccccc4N(C(N)=O)C3C12. The van der Waals surface area contributed by atoms with Crippen LogP contribution >= 0.6 is 0 Å². The van der Waals surface area contributed by atoms with Crippen molar-refractivity contribution < 1.29 is 9.59 Å². The lowest BCUT2D eigenvalue weighted by molar-refractivity contribution is -0.125. The van der Waals surface area contributed by atoms with Crippen LogP contribution in [0.3, 0.4) is 0 Å². The zero-order valence-electron chi connectivity index (χ0n) is 19.4. The van der Waals surface area contributed by atoms with Gasteiger partial charge >= 0.3 is 6.03 Å². The van der Waals surface area contributed by atoms with E-state index in [2.05, 4.69) is 11.0 Å². The van der Waals surface area contributed by atoms with Crippen molar-refractivity contribution in [2.45, 2.75) is 85.7 Å². The molecule has 0 aliphatic carbocycles. The number of para-hydroxylation sites is 1. The number of rotatable bonds is 1. The van der Waals surface area contributed by atoms with Crippen LogP contribution in [-0.2, 0) is 4.79 Å². The largest absolute Gasteiger partial charge is 0.351 e. The van der Waals surface area contributed by atoms with Gasteiger partial charge in [-0.1, -0.05) is 59.7 Å². The molecule has 5 heteroatoms. The van der Waals surface area contributed by atoms with Gasteiger partial charge in [-0.3, -0.25) is 14.6 Å². The first-order valence-electron chi connectivity index (χ1n) is 11.5. The summed E-state index contributed by atoms with van der Waals surface area (Å²) in [5.41, 5.74) is 7.89. The first-order chi connectivity index (χ1) is 14.1. The number of nitrogens with zero attached hydrogens (tertiary/aromatic N) is 2. The number of Topliss-reactive ketones (excluding diaryl/α,β-unsaturated/α-hetero) is 1.